The molecule has 1 atom stereocenters. The predicted molar refractivity (Wildman–Crippen MR) is 134 cm³/mol. The summed E-state index contributed by atoms with van der Waals surface area (Å²) in [5, 5.41) is 3.45. The Labute approximate surface area is 208 Å². The van der Waals surface area contributed by atoms with Crippen LogP contribution in [0.4, 0.5) is 0 Å². The minimum atomic E-state index is -0.172. The van der Waals surface area contributed by atoms with E-state index in [1.165, 1.54) is 0 Å². The number of ether oxygens (including phenoxy) is 2. The van der Waals surface area contributed by atoms with Gasteiger partial charge in [0.25, 0.3) is 5.91 Å². The number of amides is 2. The Morgan fingerprint density at radius 3 is 2.56 bits per heavy atom. The van der Waals surface area contributed by atoms with Crippen molar-refractivity contribution in [2.45, 2.75) is 11.9 Å². The number of rotatable bonds is 9. The zero-order chi connectivity index (χ0) is 23.9. The van der Waals surface area contributed by atoms with Crippen LogP contribution >= 0.6 is 23.4 Å². The van der Waals surface area contributed by atoms with Gasteiger partial charge in [-0.15, -0.1) is 11.8 Å². The van der Waals surface area contributed by atoms with Crippen LogP contribution in [0.2, 0.25) is 5.02 Å². The molecule has 1 aliphatic rings. The van der Waals surface area contributed by atoms with Crippen LogP contribution in [0.25, 0.3) is 0 Å². The molecule has 1 heterocycles. The third kappa shape index (κ3) is 6.04. The molecule has 2 amide bonds. The van der Waals surface area contributed by atoms with E-state index < -0.39 is 0 Å². The Balaban J connectivity index is 1.31. The van der Waals surface area contributed by atoms with E-state index in [0.29, 0.717) is 41.8 Å². The highest BCUT2D eigenvalue weighted by atomic mass is 35.5. The standard InChI is InChI=1S/C26H25ClN2O4S/c1-32-22-3-2-4-23(15-22)33-14-13-28-25(31)19-7-9-20(10-8-19)26-29(24(30)17-34-26)16-18-5-11-21(27)12-6-18/h2-12,15,26H,13-14,16-17H2,1H3,(H,28,31)/t26-/m0/s1. The SMILES string of the molecule is COc1cccc(OCCNC(=O)c2ccc([C@@H]3SCC(=O)N3Cc3ccc(Cl)cc3)cc2)c1. The first kappa shape index (κ1) is 24.0. The van der Waals surface area contributed by atoms with Gasteiger partial charge in [-0.1, -0.05) is 41.9 Å². The monoisotopic (exact) mass is 496 g/mol. The molecule has 0 aliphatic carbocycles. The van der Waals surface area contributed by atoms with Gasteiger partial charge < -0.3 is 19.7 Å². The summed E-state index contributed by atoms with van der Waals surface area (Å²) in [5.74, 6) is 1.77. The Morgan fingerprint density at radius 2 is 1.82 bits per heavy atom. The third-order valence-corrected chi connectivity index (χ3v) is 6.90. The number of hydrogen-bond donors (Lipinski definition) is 1. The van der Waals surface area contributed by atoms with Crippen LogP contribution in [0.1, 0.15) is 26.9 Å². The number of methoxy groups -OCH3 is 1. The first-order chi connectivity index (χ1) is 16.5. The molecule has 3 aromatic carbocycles. The molecule has 0 unspecified atom stereocenters. The molecule has 0 aromatic heterocycles. The maximum atomic E-state index is 12.5. The predicted octanol–water partition coefficient (Wildman–Crippen LogP) is 4.93. The highest BCUT2D eigenvalue weighted by Gasteiger charge is 2.32. The van der Waals surface area contributed by atoms with Crippen LogP contribution in [0.5, 0.6) is 11.5 Å². The van der Waals surface area contributed by atoms with Crippen LogP contribution < -0.4 is 14.8 Å². The van der Waals surface area contributed by atoms with Crippen molar-refractivity contribution in [1.29, 1.82) is 0 Å². The molecule has 0 spiro atoms. The summed E-state index contributed by atoms with van der Waals surface area (Å²) in [4.78, 5) is 26.9. The topological polar surface area (TPSA) is 67.9 Å². The van der Waals surface area contributed by atoms with E-state index in [-0.39, 0.29) is 17.2 Å². The van der Waals surface area contributed by atoms with E-state index >= 15 is 0 Å². The molecule has 34 heavy (non-hydrogen) atoms. The summed E-state index contributed by atoms with van der Waals surface area (Å²) in [6.07, 6.45) is 0. The lowest BCUT2D eigenvalue weighted by molar-refractivity contribution is -0.128. The van der Waals surface area contributed by atoms with Crippen LogP contribution in [-0.4, -0.2) is 42.7 Å². The second kappa shape index (κ2) is 11.3. The largest absolute Gasteiger partial charge is 0.497 e. The lowest BCUT2D eigenvalue weighted by Crippen LogP contribution is -2.28. The number of thioether (sulfide) groups is 1. The van der Waals surface area contributed by atoms with E-state index in [1.807, 2.05) is 59.5 Å². The Morgan fingerprint density at radius 1 is 1.09 bits per heavy atom. The van der Waals surface area contributed by atoms with Crippen molar-refractivity contribution in [2.75, 3.05) is 26.0 Å². The Hall–Kier alpha value is -3.16. The summed E-state index contributed by atoms with van der Waals surface area (Å²) < 4.78 is 10.8. The van der Waals surface area contributed by atoms with Gasteiger partial charge in [-0.25, -0.2) is 0 Å². The van der Waals surface area contributed by atoms with Gasteiger partial charge in [-0.3, -0.25) is 9.59 Å². The van der Waals surface area contributed by atoms with Gasteiger partial charge in [0.1, 0.15) is 23.5 Å². The van der Waals surface area contributed by atoms with E-state index in [1.54, 1.807) is 37.1 Å². The fourth-order valence-corrected chi connectivity index (χ4v) is 4.93. The number of nitrogens with one attached hydrogen (secondary N) is 1. The zero-order valence-corrected chi connectivity index (χ0v) is 20.3. The van der Waals surface area contributed by atoms with Crippen molar-refractivity contribution in [3.63, 3.8) is 0 Å². The van der Waals surface area contributed by atoms with Crippen molar-refractivity contribution in [1.82, 2.24) is 10.2 Å². The normalized spacial score (nSPS) is 15.3. The molecule has 0 bridgehead atoms. The fourth-order valence-electron chi connectivity index (χ4n) is 3.61. The van der Waals surface area contributed by atoms with Crippen molar-refractivity contribution in [3.8, 4) is 11.5 Å². The summed E-state index contributed by atoms with van der Waals surface area (Å²) >= 11 is 7.56. The molecular formula is C26H25ClN2O4S. The van der Waals surface area contributed by atoms with Gasteiger partial charge in [0.15, 0.2) is 0 Å². The number of halogens is 1. The lowest BCUT2D eigenvalue weighted by Gasteiger charge is -2.24. The number of nitrogens with zero attached hydrogens (tertiary/aromatic N) is 1. The smallest absolute Gasteiger partial charge is 0.251 e. The summed E-state index contributed by atoms with van der Waals surface area (Å²) in [6, 6.07) is 22.2. The minimum absolute atomic E-state index is 0.0865. The molecule has 1 aliphatic heterocycles. The van der Waals surface area contributed by atoms with Gasteiger partial charge >= 0.3 is 0 Å². The molecule has 176 valence electrons. The summed E-state index contributed by atoms with van der Waals surface area (Å²) in [7, 11) is 1.60. The molecule has 3 aromatic rings. The number of benzene rings is 3. The van der Waals surface area contributed by atoms with Gasteiger partial charge in [0.2, 0.25) is 5.91 Å². The second-order valence-corrected chi connectivity index (χ2v) is 9.22. The summed E-state index contributed by atoms with van der Waals surface area (Å²) in [6.45, 7) is 1.24. The maximum absolute atomic E-state index is 12.5. The second-order valence-electron chi connectivity index (χ2n) is 7.72. The van der Waals surface area contributed by atoms with Crippen molar-refractivity contribution < 1.29 is 19.1 Å². The van der Waals surface area contributed by atoms with Gasteiger partial charge in [-0.05, 0) is 47.5 Å². The van der Waals surface area contributed by atoms with Gasteiger partial charge in [-0.2, -0.15) is 0 Å². The van der Waals surface area contributed by atoms with E-state index in [2.05, 4.69) is 5.32 Å². The van der Waals surface area contributed by atoms with Crippen molar-refractivity contribution in [3.05, 3.63) is 94.5 Å². The average Bonchev–Trinajstić information content (AvgIpc) is 3.23. The number of carbonyl (C=O) groups excluding carboxylic acids is 2. The van der Waals surface area contributed by atoms with Crippen LogP contribution in [0.15, 0.2) is 72.8 Å². The third-order valence-electron chi connectivity index (χ3n) is 5.39. The zero-order valence-electron chi connectivity index (χ0n) is 18.7. The Kier molecular flexibility index (Phi) is 7.98. The van der Waals surface area contributed by atoms with Crippen molar-refractivity contribution >= 4 is 35.2 Å². The quantitative estimate of drug-likeness (QED) is 0.425. The van der Waals surface area contributed by atoms with Crippen molar-refractivity contribution in [2.24, 2.45) is 0 Å². The Bertz CT molecular complexity index is 1140. The van der Waals surface area contributed by atoms with Gasteiger partial charge in [0, 0.05) is 23.2 Å². The highest BCUT2D eigenvalue weighted by molar-refractivity contribution is 8.00. The van der Waals surface area contributed by atoms with E-state index in [4.69, 9.17) is 21.1 Å². The molecule has 0 radical (unpaired) electrons. The number of carbonyl (C=O) groups is 2. The highest BCUT2D eigenvalue weighted by Crippen LogP contribution is 2.39. The molecule has 1 saturated heterocycles. The number of hydrogen-bond acceptors (Lipinski definition) is 5. The van der Waals surface area contributed by atoms with Crippen LogP contribution in [0, 0.1) is 0 Å². The van der Waals surface area contributed by atoms with Crippen LogP contribution in [0.3, 0.4) is 0 Å². The molecule has 8 heteroatoms. The molecule has 4 rings (SSSR count). The average molecular weight is 497 g/mol. The van der Waals surface area contributed by atoms with Crippen LogP contribution in [-0.2, 0) is 11.3 Å². The molecular weight excluding hydrogens is 472 g/mol. The summed E-state index contributed by atoms with van der Waals surface area (Å²) in [5.41, 5.74) is 2.57. The first-order valence-electron chi connectivity index (χ1n) is 10.8. The molecule has 1 N–H and O–H groups in total. The minimum Gasteiger partial charge on any atom is -0.497 e. The molecule has 1 fully saturated rings. The molecule has 0 saturated carbocycles. The van der Waals surface area contributed by atoms with Gasteiger partial charge in [0.05, 0.1) is 19.4 Å². The first-order valence-corrected chi connectivity index (χ1v) is 12.3. The maximum Gasteiger partial charge on any atom is 0.251 e. The molecule has 6 nitrogen and oxygen atoms in total. The van der Waals surface area contributed by atoms with E-state index in [9.17, 15) is 9.59 Å². The van der Waals surface area contributed by atoms with E-state index in [0.717, 1.165) is 16.9 Å². The lowest BCUT2D eigenvalue weighted by atomic mass is 10.1. The fraction of sp³-hybridized carbons (Fsp3) is 0.231.